The predicted octanol–water partition coefficient (Wildman–Crippen LogP) is 5.11. The molecule has 0 aliphatic carbocycles. The van der Waals surface area contributed by atoms with Gasteiger partial charge in [-0.3, -0.25) is 4.79 Å². The number of halogens is 2. The lowest BCUT2D eigenvalue weighted by molar-refractivity contribution is -0.117. The molecular weight excluding hydrogens is 426 g/mol. The minimum absolute atomic E-state index is 0.0398. The molecule has 1 rings (SSSR count). The maximum atomic E-state index is 12.9. The van der Waals surface area contributed by atoms with Crippen molar-refractivity contribution in [1.82, 2.24) is 10.6 Å². The first kappa shape index (κ1) is 27.9. The SMILES string of the molecule is C=C(C(C)=N/C(C(=O)NC/C(NCC(F)F)=C(\CC)C/C=C\C)=C(/C)N)c1occc1CC. The first-order chi connectivity index (χ1) is 15.7. The quantitative estimate of drug-likeness (QED) is 0.216. The number of nitrogens with one attached hydrogen (secondary N) is 2. The smallest absolute Gasteiger partial charge is 0.271 e. The fraction of sp³-hybridized carbons (Fsp3) is 0.440. The van der Waals surface area contributed by atoms with Crippen LogP contribution in [-0.4, -0.2) is 31.1 Å². The molecule has 0 radical (unpaired) electrons. The third-order valence-electron chi connectivity index (χ3n) is 5.06. The van der Waals surface area contributed by atoms with Crippen LogP contribution in [0.25, 0.3) is 5.57 Å². The molecular formula is C25H36F2N4O2. The van der Waals surface area contributed by atoms with Gasteiger partial charge >= 0.3 is 0 Å². The lowest BCUT2D eigenvalue weighted by Gasteiger charge is -2.17. The molecule has 0 unspecified atom stereocenters. The Morgan fingerprint density at radius 2 is 2.00 bits per heavy atom. The highest BCUT2D eigenvalue weighted by atomic mass is 19.3. The molecule has 1 aromatic heterocycles. The average Bonchev–Trinajstić information content (AvgIpc) is 3.26. The van der Waals surface area contributed by atoms with Gasteiger partial charge in [-0.2, -0.15) is 0 Å². The Labute approximate surface area is 195 Å². The zero-order valence-corrected chi connectivity index (χ0v) is 20.2. The van der Waals surface area contributed by atoms with Crippen molar-refractivity contribution < 1.29 is 18.0 Å². The van der Waals surface area contributed by atoms with Crippen molar-refractivity contribution in [2.24, 2.45) is 10.7 Å². The second kappa shape index (κ2) is 14.1. The molecule has 1 heterocycles. The summed E-state index contributed by atoms with van der Waals surface area (Å²) < 4.78 is 31.1. The van der Waals surface area contributed by atoms with Crippen LogP contribution in [0, 0.1) is 0 Å². The van der Waals surface area contributed by atoms with Crippen molar-refractivity contribution in [1.29, 1.82) is 0 Å². The normalized spacial score (nSPS) is 13.8. The number of hydrogen-bond acceptors (Lipinski definition) is 5. The highest BCUT2D eigenvalue weighted by Gasteiger charge is 2.17. The summed E-state index contributed by atoms with van der Waals surface area (Å²) in [6, 6.07) is 1.87. The van der Waals surface area contributed by atoms with Gasteiger partial charge in [-0.1, -0.05) is 32.6 Å². The van der Waals surface area contributed by atoms with E-state index in [9.17, 15) is 13.6 Å². The Morgan fingerprint density at radius 1 is 1.30 bits per heavy atom. The van der Waals surface area contributed by atoms with Crippen LogP contribution in [0.5, 0.6) is 0 Å². The zero-order valence-electron chi connectivity index (χ0n) is 20.2. The number of alkyl halides is 2. The van der Waals surface area contributed by atoms with Crippen LogP contribution in [0.15, 0.2) is 63.1 Å². The van der Waals surface area contributed by atoms with Gasteiger partial charge in [-0.15, -0.1) is 0 Å². The standard InChI is InChI=1S/C25H36F2N4O2/c1-7-10-11-19(8-2)21(29-15-22(26)27)14-30-25(32)23(17(5)28)31-18(6)16(4)24-20(9-3)12-13-33-24/h7,10,12-13,22,29H,4,8-9,11,14-15,28H2,1-3,5-6H3,(H,30,32)/b10-7-,21-19-,23-17-,31-18?. The Bertz CT molecular complexity index is 936. The van der Waals surface area contributed by atoms with Gasteiger partial charge in [0.25, 0.3) is 12.3 Å². The molecule has 0 bridgehead atoms. The molecule has 0 aliphatic rings. The second-order valence-corrected chi connectivity index (χ2v) is 7.50. The van der Waals surface area contributed by atoms with Crippen molar-refractivity contribution in [3.63, 3.8) is 0 Å². The number of amides is 1. The van der Waals surface area contributed by atoms with Crippen LogP contribution in [0.1, 0.15) is 58.8 Å². The summed E-state index contributed by atoms with van der Waals surface area (Å²) in [6.45, 7) is 12.7. The highest BCUT2D eigenvalue weighted by Crippen LogP contribution is 2.22. The molecule has 0 spiro atoms. The number of rotatable bonds is 13. The third-order valence-corrected chi connectivity index (χ3v) is 5.06. The van der Waals surface area contributed by atoms with Gasteiger partial charge in [-0.05, 0) is 57.2 Å². The summed E-state index contributed by atoms with van der Waals surface area (Å²) in [4.78, 5) is 17.3. The number of aliphatic imine (C=N–C) groups is 1. The van der Waals surface area contributed by atoms with Crippen molar-refractivity contribution in [2.75, 3.05) is 13.1 Å². The Morgan fingerprint density at radius 3 is 2.55 bits per heavy atom. The van der Waals surface area contributed by atoms with E-state index >= 15 is 0 Å². The number of aryl methyl sites for hydroxylation is 1. The van der Waals surface area contributed by atoms with Crippen LogP contribution in [0.4, 0.5) is 8.78 Å². The molecule has 182 valence electrons. The Kier molecular flexibility index (Phi) is 11.9. The first-order valence-electron chi connectivity index (χ1n) is 11.1. The van der Waals surface area contributed by atoms with Crippen molar-refractivity contribution in [3.8, 4) is 0 Å². The van der Waals surface area contributed by atoms with E-state index in [0.29, 0.717) is 35.6 Å². The fourth-order valence-electron chi connectivity index (χ4n) is 3.10. The van der Waals surface area contributed by atoms with E-state index in [0.717, 1.165) is 17.6 Å². The summed E-state index contributed by atoms with van der Waals surface area (Å²) in [5.41, 5.74) is 9.74. The first-order valence-corrected chi connectivity index (χ1v) is 11.1. The number of carbonyl (C=O) groups excluding carboxylic acids is 1. The minimum atomic E-state index is -2.51. The number of furan rings is 1. The second-order valence-electron chi connectivity index (χ2n) is 7.50. The van der Waals surface area contributed by atoms with Crippen LogP contribution < -0.4 is 16.4 Å². The third kappa shape index (κ3) is 8.71. The van der Waals surface area contributed by atoms with Crippen molar-refractivity contribution in [3.05, 3.63) is 65.0 Å². The van der Waals surface area contributed by atoms with Crippen LogP contribution in [0.2, 0.25) is 0 Å². The van der Waals surface area contributed by atoms with Gasteiger partial charge in [-0.25, -0.2) is 13.8 Å². The van der Waals surface area contributed by atoms with E-state index in [1.807, 2.05) is 39.0 Å². The molecule has 1 aromatic rings. The monoisotopic (exact) mass is 462 g/mol. The lowest BCUT2D eigenvalue weighted by Crippen LogP contribution is -2.34. The van der Waals surface area contributed by atoms with E-state index in [2.05, 4.69) is 22.2 Å². The van der Waals surface area contributed by atoms with Crippen LogP contribution >= 0.6 is 0 Å². The molecule has 0 saturated carbocycles. The molecule has 0 aromatic carbocycles. The molecule has 6 nitrogen and oxygen atoms in total. The minimum Gasteiger partial charge on any atom is -0.464 e. The van der Waals surface area contributed by atoms with Crippen molar-refractivity contribution >= 4 is 17.2 Å². The van der Waals surface area contributed by atoms with E-state index in [1.54, 1.807) is 20.1 Å². The number of carbonyl (C=O) groups is 1. The lowest BCUT2D eigenvalue weighted by atomic mass is 10.1. The highest BCUT2D eigenvalue weighted by molar-refractivity contribution is 6.22. The van der Waals surface area contributed by atoms with Gasteiger partial charge in [0, 0.05) is 22.7 Å². The van der Waals surface area contributed by atoms with E-state index in [4.69, 9.17) is 10.2 Å². The van der Waals surface area contributed by atoms with Gasteiger partial charge in [0.15, 0.2) is 0 Å². The van der Waals surface area contributed by atoms with Gasteiger partial charge < -0.3 is 20.8 Å². The van der Waals surface area contributed by atoms with E-state index in [-0.39, 0.29) is 17.9 Å². The average molecular weight is 463 g/mol. The summed E-state index contributed by atoms with van der Waals surface area (Å²) in [5.74, 6) is 0.112. The summed E-state index contributed by atoms with van der Waals surface area (Å²) >= 11 is 0. The van der Waals surface area contributed by atoms with Crippen LogP contribution in [0.3, 0.4) is 0 Å². The Hall–Kier alpha value is -3.16. The largest absolute Gasteiger partial charge is 0.464 e. The summed E-state index contributed by atoms with van der Waals surface area (Å²) in [5, 5.41) is 5.52. The van der Waals surface area contributed by atoms with Gasteiger partial charge in [0.1, 0.15) is 11.5 Å². The van der Waals surface area contributed by atoms with E-state index < -0.39 is 18.9 Å². The molecule has 33 heavy (non-hydrogen) atoms. The number of nitrogens with two attached hydrogens (primary N) is 1. The zero-order chi connectivity index (χ0) is 25.0. The molecule has 1 amide bonds. The summed E-state index contributed by atoms with van der Waals surface area (Å²) in [7, 11) is 0. The fourth-order valence-corrected chi connectivity index (χ4v) is 3.10. The number of hydrogen-bond donors (Lipinski definition) is 3. The van der Waals surface area contributed by atoms with Crippen LogP contribution in [-0.2, 0) is 11.2 Å². The number of nitrogens with zero attached hydrogens (tertiary/aromatic N) is 1. The maximum absolute atomic E-state index is 12.9. The predicted molar refractivity (Wildman–Crippen MR) is 131 cm³/mol. The summed E-state index contributed by atoms with van der Waals surface area (Å²) in [6.07, 6.45) is 4.94. The van der Waals surface area contributed by atoms with Crippen molar-refractivity contribution in [2.45, 2.75) is 60.3 Å². The number of allylic oxidation sites excluding steroid dienone is 5. The van der Waals surface area contributed by atoms with Gasteiger partial charge in [0.2, 0.25) is 0 Å². The van der Waals surface area contributed by atoms with E-state index in [1.165, 1.54) is 0 Å². The molecule has 0 fully saturated rings. The molecule has 0 saturated heterocycles. The molecule has 8 heteroatoms. The molecule has 0 aliphatic heterocycles. The Balaban J connectivity index is 3.09. The topological polar surface area (TPSA) is 92.7 Å². The van der Waals surface area contributed by atoms with Gasteiger partial charge in [0.05, 0.1) is 19.4 Å². The maximum Gasteiger partial charge on any atom is 0.271 e. The molecule has 4 N–H and O–H groups in total. The molecule has 0 atom stereocenters.